The number of carbonyl (C=O) groups excluding carboxylic acids is 1. The van der Waals surface area contributed by atoms with Crippen molar-refractivity contribution >= 4 is 5.78 Å². The van der Waals surface area contributed by atoms with E-state index < -0.39 is 0 Å². The zero-order valence-corrected chi connectivity index (χ0v) is 11.5. The molecule has 98 valence electrons. The van der Waals surface area contributed by atoms with Gasteiger partial charge in [0.25, 0.3) is 0 Å². The Hall–Kier alpha value is -1.11. The predicted octanol–water partition coefficient (Wildman–Crippen LogP) is 4.65. The summed E-state index contributed by atoms with van der Waals surface area (Å²) in [5.74, 6) is 1.06. The second-order valence-corrected chi connectivity index (χ2v) is 5.51. The van der Waals surface area contributed by atoms with Gasteiger partial charge in [-0.05, 0) is 42.7 Å². The molecule has 0 heterocycles. The monoisotopic (exact) mass is 244 g/mol. The first-order chi connectivity index (χ1) is 8.79. The first-order valence-electron chi connectivity index (χ1n) is 7.40. The van der Waals surface area contributed by atoms with Crippen molar-refractivity contribution in [2.24, 2.45) is 0 Å². The van der Waals surface area contributed by atoms with E-state index in [2.05, 4.69) is 31.2 Å². The van der Waals surface area contributed by atoms with E-state index in [0.29, 0.717) is 11.7 Å². The molecule has 0 aromatic heterocycles. The van der Waals surface area contributed by atoms with Crippen LogP contribution in [0, 0.1) is 0 Å². The van der Waals surface area contributed by atoms with Gasteiger partial charge in [-0.25, -0.2) is 0 Å². The van der Waals surface area contributed by atoms with E-state index in [0.717, 1.165) is 25.7 Å². The SMILES string of the molecule is CCCCCc1ccc(C2CCC(=O)CC2)cc1. The van der Waals surface area contributed by atoms with Crippen molar-refractivity contribution in [3.8, 4) is 0 Å². The number of rotatable bonds is 5. The zero-order valence-electron chi connectivity index (χ0n) is 11.5. The van der Waals surface area contributed by atoms with Gasteiger partial charge in [-0.2, -0.15) is 0 Å². The molecule has 1 heteroatoms. The smallest absolute Gasteiger partial charge is 0.132 e. The molecule has 0 amide bonds. The Labute approximate surface area is 111 Å². The molecule has 1 aliphatic carbocycles. The van der Waals surface area contributed by atoms with Crippen molar-refractivity contribution < 1.29 is 4.79 Å². The molecule has 0 N–H and O–H groups in total. The number of aryl methyl sites for hydroxylation is 1. The minimum Gasteiger partial charge on any atom is -0.300 e. The van der Waals surface area contributed by atoms with Gasteiger partial charge in [0.2, 0.25) is 0 Å². The third kappa shape index (κ3) is 3.69. The first-order valence-corrected chi connectivity index (χ1v) is 7.40. The van der Waals surface area contributed by atoms with Gasteiger partial charge in [-0.15, -0.1) is 0 Å². The number of unbranched alkanes of at least 4 members (excludes halogenated alkanes) is 2. The summed E-state index contributed by atoms with van der Waals surface area (Å²) in [7, 11) is 0. The lowest BCUT2D eigenvalue weighted by Gasteiger charge is -2.21. The highest BCUT2D eigenvalue weighted by Crippen LogP contribution is 2.31. The van der Waals surface area contributed by atoms with Gasteiger partial charge in [-0.1, -0.05) is 44.0 Å². The number of benzene rings is 1. The predicted molar refractivity (Wildman–Crippen MR) is 75.9 cm³/mol. The van der Waals surface area contributed by atoms with Crippen LogP contribution in [0.3, 0.4) is 0 Å². The van der Waals surface area contributed by atoms with Crippen LogP contribution in [-0.2, 0) is 11.2 Å². The lowest BCUT2D eigenvalue weighted by Crippen LogP contribution is -2.12. The van der Waals surface area contributed by atoms with E-state index in [1.165, 1.54) is 36.8 Å². The van der Waals surface area contributed by atoms with Crippen molar-refractivity contribution in [2.75, 3.05) is 0 Å². The third-order valence-electron chi connectivity index (χ3n) is 4.06. The molecule has 1 fully saturated rings. The lowest BCUT2D eigenvalue weighted by molar-refractivity contribution is -0.120. The van der Waals surface area contributed by atoms with E-state index >= 15 is 0 Å². The Morgan fingerprint density at radius 1 is 1.06 bits per heavy atom. The van der Waals surface area contributed by atoms with E-state index in [9.17, 15) is 4.79 Å². The summed E-state index contributed by atoms with van der Waals surface area (Å²) < 4.78 is 0. The van der Waals surface area contributed by atoms with Gasteiger partial charge in [0, 0.05) is 12.8 Å². The maximum atomic E-state index is 11.2. The molecule has 1 aromatic carbocycles. The molecule has 0 atom stereocenters. The fourth-order valence-corrected chi connectivity index (χ4v) is 2.81. The topological polar surface area (TPSA) is 17.1 Å². The Morgan fingerprint density at radius 3 is 2.33 bits per heavy atom. The van der Waals surface area contributed by atoms with Gasteiger partial charge < -0.3 is 0 Å². The van der Waals surface area contributed by atoms with Crippen LogP contribution in [0.5, 0.6) is 0 Å². The molecular weight excluding hydrogens is 220 g/mol. The van der Waals surface area contributed by atoms with Gasteiger partial charge in [-0.3, -0.25) is 4.79 Å². The Bertz CT molecular complexity index is 367. The minimum atomic E-state index is 0.447. The minimum absolute atomic E-state index is 0.447. The zero-order chi connectivity index (χ0) is 12.8. The average Bonchev–Trinajstić information content (AvgIpc) is 2.41. The molecule has 1 aliphatic rings. The number of Topliss-reactive ketones (excluding diaryl/α,β-unsaturated/α-hetero) is 1. The van der Waals surface area contributed by atoms with Gasteiger partial charge in [0.05, 0.1) is 0 Å². The molecule has 0 saturated heterocycles. The molecule has 2 rings (SSSR count). The van der Waals surface area contributed by atoms with Gasteiger partial charge >= 0.3 is 0 Å². The Kier molecular flexibility index (Phi) is 4.98. The number of hydrogen-bond acceptors (Lipinski definition) is 1. The normalized spacial score (nSPS) is 17.1. The van der Waals surface area contributed by atoms with Crippen LogP contribution in [-0.4, -0.2) is 5.78 Å². The summed E-state index contributed by atoms with van der Waals surface area (Å²) in [5, 5.41) is 0. The van der Waals surface area contributed by atoms with Crippen LogP contribution in [0.4, 0.5) is 0 Å². The largest absolute Gasteiger partial charge is 0.300 e. The molecule has 1 nitrogen and oxygen atoms in total. The maximum absolute atomic E-state index is 11.2. The van der Waals surface area contributed by atoms with E-state index in [-0.39, 0.29) is 0 Å². The Balaban J connectivity index is 1.89. The summed E-state index contributed by atoms with van der Waals surface area (Å²) in [6.45, 7) is 2.24. The molecule has 0 radical (unpaired) electrons. The number of carbonyl (C=O) groups is 1. The van der Waals surface area contributed by atoms with E-state index in [1.807, 2.05) is 0 Å². The fourth-order valence-electron chi connectivity index (χ4n) is 2.81. The van der Waals surface area contributed by atoms with Crippen LogP contribution in [0.15, 0.2) is 24.3 Å². The standard InChI is InChI=1S/C17H24O/c1-2-3-4-5-14-6-8-15(9-7-14)16-10-12-17(18)13-11-16/h6-9,16H,2-5,10-13H2,1H3. The van der Waals surface area contributed by atoms with Crippen LogP contribution in [0.25, 0.3) is 0 Å². The second kappa shape index (κ2) is 6.72. The van der Waals surface area contributed by atoms with Crippen LogP contribution in [0.2, 0.25) is 0 Å². The van der Waals surface area contributed by atoms with Crippen molar-refractivity contribution in [3.05, 3.63) is 35.4 Å². The average molecular weight is 244 g/mol. The van der Waals surface area contributed by atoms with Crippen molar-refractivity contribution in [3.63, 3.8) is 0 Å². The molecule has 18 heavy (non-hydrogen) atoms. The molecule has 0 aliphatic heterocycles. The van der Waals surface area contributed by atoms with Gasteiger partial charge in [0.15, 0.2) is 0 Å². The van der Waals surface area contributed by atoms with Crippen molar-refractivity contribution in [2.45, 2.75) is 64.2 Å². The molecule has 0 spiro atoms. The molecule has 0 unspecified atom stereocenters. The maximum Gasteiger partial charge on any atom is 0.132 e. The molecule has 1 saturated carbocycles. The molecular formula is C17H24O. The van der Waals surface area contributed by atoms with Crippen LogP contribution in [0.1, 0.15) is 68.9 Å². The van der Waals surface area contributed by atoms with Crippen molar-refractivity contribution in [1.29, 1.82) is 0 Å². The molecule has 0 bridgehead atoms. The highest BCUT2D eigenvalue weighted by Gasteiger charge is 2.19. The second-order valence-electron chi connectivity index (χ2n) is 5.51. The van der Waals surface area contributed by atoms with Crippen LogP contribution < -0.4 is 0 Å². The van der Waals surface area contributed by atoms with Crippen molar-refractivity contribution in [1.82, 2.24) is 0 Å². The summed E-state index contributed by atoms with van der Waals surface area (Å²) in [4.78, 5) is 11.2. The summed E-state index contributed by atoms with van der Waals surface area (Å²) in [6, 6.07) is 9.12. The number of ketones is 1. The first kappa shape index (κ1) is 13.3. The number of hydrogen-bond donors (Lipinski definition) is 0. The third-order valence-corrected chi connectivity index (χ3v) is 4.06. The van der Waals surface area contributed by atoms with E-state index in [4.69, 9.17) is 0 Å². The van der Waals surface area contributed by atoms with Gasteiger partial charge in [0.1, 0.15) is 5.78 Å². The molecule has 1 aromatic rings. The summed E-state index contributed by atoms with van der Waals surface area (Å²) in [6.07, 6.45) is 8.78. The highest BCUT2D eigenvalue weighted by molar-refractivity contribution is 5.79. The lowest BCUT2D eigenvalue weighted by atomic mass is 9.83. The van der Waals surface area contributed by atoms with E-state index in [1.54, 1.807) is 0 Å². The fraction of sp³-hybridized carbons (Fsp3) is 0.588. The Morgan fingerprint density at radius 2 is 1.72 bits per heavy atom. The quantitative estimate of drug-likeness (QED) is 0.689. The summed E-state index contributed by atoms with van der Waals surface area (Å²) >= 11 is 0. The summed E-state index contributed by atoms with van der Waals surface area (Å²) in [5.41, 5.74) is 2.89. The van der Waals surface area contributed by atoms with Crippen LogP contribution >= 0.6 is 0 Å². The highest BCUT2D eigenvalue weighted by atomic mass is 16.1.